The van der Waals surface area contributed by atoms with Crippen LogP contribution in [0.1, 0.15) is 47.6 Å². The number of carbonyl (C=O) groups excluding carboxylic acids is 2. The predicted molar refractivity (Wildman–Crippen MR) is 111 cm³/mol. The topological polar surface area (TPSA) is 71.5 Å². The smallest absolute Gasteiger partial charge is 0.357 e. The van der Waals surface area contributed by atoms with Gasteiger partial charge in [-0.25, -0.2) is 14.6 Å². The number of nitrogens with zero attached hydrogens (tertiary/aromatic N) is 2. The van der Waals surface area contributed by atoms with Gasteiger partial charge in [-0.2, -0.15) is 0 Å². The fourth-order valence-electron chi connectivity index (χ4n) is 3.28. The summed E-state index contributed by atoms with van der Waals surface area (Å²) in [7, 11) is 1.32. The average molecular weight is 442 g/mol. The van der Waals surface area contributed by atoms with Gasteiger partial charge in [0, 0.05) is 11.4 Å². The number of esters is 1. The molecule has 0 aliphatic heterocycles. The summed E-state index contributed by atoms with van der Waals surface area (Å²) in [4.78, 5) is 30.8. The van der Waals surface area contributed by atoms with Crippen LogP contribution in [0.5, 0.6) is 0 Å². The van der Waals surface area contributed by atoms with Crippen LogP contribution in [0, 0.1) is 0 Å². The highest BCUT2D eigenvalue weighted by atomic mass is 35.5. The van der Waals surface area contributed by atoms with E-state index in [2.05, 4.69) is 10.3 Å². The Morgan fingerprint density at radius 3 is 2.57 bits per heavy atom. The Morgan fingerprint density at radius 2 is 1.93 bits per heavy atom. The number of benzene rings is 1. The van der Waals surface area contributed by atoms with Crippen molar-refractivity contribution in [2.75, 3.05) is 12.4 Å². The van der Waals surface area contributed by atoms with E-state index < -0.39 is 5.97 Å². The number of para-hydroxylation sites is 1. The van der Waals surface area contributed by atoms with Crippen LogP contribution in [0.25, 0.3) is 0 Å². The number of rotatable bonds is 5. The van der Waals surface area contributed by atoms with E-state index >= 15 is 0 Å². The molecule has 0 bridgehead atoms. The Morgan fingerprint density at radius 1 is 1.25 bits per heavy atom. The lowest BCUT2D eigenvalue weighted by atomic mass is 9.94. The Bertz CT molecular complexity index is 832. The zero-order valence-corrected chi connectivity index (χ0v) is 17.7. The molecule has 3 rings (SSSR count). The number of thiazole rings is 1. The molecular formula is C19H21Cl2N3O3S. The van der Waals surface area contributed by atoms with Crippen LogP contribution in [0.3, 0.4) is 0 Å². The lowest BCUT2D eigenvalue weighted by Crippen LogP contribution is -2.43. The first kappa shape index (κ1) is 20.9. The van der Waals surface area contributed by atoms with Gasteiger partial charge in [-0.1, -0.05) is 48.5 Å². The Hall–Kier alpha value is -1.83. The molecule has 1 heterocycles. The van der Waals surface area contributed by atoms with E-state index in [4.69, 9.17) is 27.9 Å². The second kappa shape index (κ2) is 9.58. The van der Waals surface area contributed by atoms with E-state index in [1.807, 2.05) is 0 Å². The molecule has 1 aromatic heterocycles. The molecule has 0 radical (unpaired) electrons. The lowest BCUT2D eigenvalue weighted by molar-refractivity contribution is 0.0594. The molecule has 0 unspecified atom stereocenters. The Kier molecular flexibility index (Phi) is 7.15. The van der Waals surface area contributed by atoms with E-state index in [-0.39, 0.29) is 17.8 Å². The van der Waals surface area contributed by atoms with Gasteiger partial charge in [-0.05, 0) is 25.0 Å². The number of nitrogens with one attached hydrogen (secondary N) is 1. The standard InChI is InChI=1S/C19H21Cl2N3O3S/c1-27-18(25)15-11-28-16(22-15)10-24(12-6-3-2-4-7-12)19(26)23-17-13(20)8-5-9-14(17)21/h5,8-9,11-12H,2-4,6-7,10H2,1H3,(H,23,26). The van der Waals surface area contributed by atoms with E-state index in [9.17, 15) is 9.59 Å². The van der Waals surface area contributed by atoms with E-state index in [0.717, 1.165) is 25.7 Å². The molecule has 28 heavy (non-hydrogen) atoms. The van der Waals surface area contributed by atoms with Gasteiger partial charge in [0.1, 0.15) is 5.01 Å². The minimum Gasteiger partial charge on any atom is -0.464 e. The van der Waals surface area contributed by atoms with E-state index in [1.54, 1.807) is 28.5 Å². The van der Waals surface area contributed by atoms with E-state index in [0.29, 0.717) is 27.3 Å². The number of amides is 2. The first-order valence-corrected chi connectivity index (χ1v) is 10.7. The first-order valence-electron chi connectivity index (χ1n) is 9.04. The van der Waals surface area contributed by atoms with Gasteiger partial charge in [0.15, 0.2) is 5.69 Å². The van der Waals surface area contributed by atoms with Crippen LogP contribution in [0.4, 0.5) is 10.5 Å². The predicted octanol–water partition coefficient (Wildman–Crippen LogP) is 5.60. The van der Waals surface area contributed by atoms with Crippen molar-refractivity contribution in [3.8, 4) is 0 Å². The first-order chi connectivity index (χ1) is 13.5. The zero-order valence-electron chi connectivity index (χ0n) is 15.4. The second-order valence-electron chi connectivity index (χ2n) is 6.56. The summed E-state index contributed by atoms with van der Waals surface area (Å²) in [6.07, 6.45) is 5.18. The summed E-state index contributed by atoms with van der Waals surface area (Å²) in [5.74, 6) is -0.487. The van der Waals surface area contributed by atoms with Gasteiger partial charge in [-0.3, -0.25) is 0 Å². The number of urea groups is 1. The van der Waals surface area contributed by atoms with Gasteiger partial charge in [0.05, 0.1) is 29.4 Å². The molecule has 1 fully saturated rings. The molecular weight excluding hydrogens is 421 g/mol. The highest BCUT2D eigenvalue weighted by molar-refractivity contribution is 7.09. The van der Waals surface area contributed by atoms with Crippen LogP contribution >= 0.6 is 34.5 Å². The normalized spacial score (nSPS) is 14.5. The van der Waals surface area contributed by atoms with Crippen LogP contribution in [0.2, 0.25) is 10.0 Å². The quantitative estimate of drug-likeness (QED) is 0.612. The molecule has 1 aliphatic rings. The Labute approximate surface area is 177 Å². The summed E-state index contributed by atoms with van der Waals surface area (Å²) in [6.45, 7) is 0.306. The molecule has 6 nitrogen and oxygen atoms in total. The molecule has 1 saturated carbocycles. The third kappa shape index (κ3) is 4.96. The molecule has 0 atom stereocenters. The van der Waals surface area contributed by atoms with Gasteiger partial charge in [0.25, 0.3) is 0 Å². The fourth-order valence-corrected chi connectivity index (χ4v) is 4.54. The summed E-state index contributed by atoms with van der Waals surface area (Å²) in [6, 6.07) is 4.90. The maximum absolute atomic E-state index is 13.1. The molecule has 1 N–H and O–H groups in total. The van der Waals surface area contributed by atoms with E-state index in [1.165, 1.54) is 24.9 Å². The molecule has 1 aliphatic carbocycles. The van der Waals surface area contributed by atoms with Crippen molar-refractivity contribution < 1.29 is 14.3 Å². The van der Waals surface area contributed by atoms with Gasteiger partial charge >= 0.3 is 12.0 Å². The van der Waals surface area contributed by atoms with Crippen LogP contribution in [-0.4, -0.2) is 35.0 Å². The van der Waals surface area contributed by atoms with Crippen molar-refractivity contribution in [2.24, 2.45) is 0 Å². The largest absolute Gasteiger partial charge is 0.464 e. The monoisotopic (exact) mass is 441 g/mol. The SMILES string of the molecule is COC(=O)c1csc(CN(C(=O)Nc2c(Cl)cccc2Cl)C2CCCCC2)n1. The molecule has 0 saturated heterocycles. The fraction of sp³-hybridized carbons (Fsp3) is 0.421. The number of hydrogen-bond acceptors (Lipinski definition) is 5. The number of ether oxygens (including phenoxy) is 1. The molecule has 9 heteroatoms. The summed E-state index contributed by atoms with van der Waals surface area (Å²) in [5, 5.41) is 5.92. The maximum atomic E-state index is 13.1. The van der Waals surface area contributed by atoms with Crippen molar-refractivity contribution in [2.45, 2.75) is 44.7 Å². The number of halogens is 2. The minimum atomic E-state index is -0.487. The summed E-state index contributed by atoms with van der Waals surface area (Å²) in [5.41, 5.74) is 0.645. The van der Waals surface area contributed by atoms with Gasteiger partial charge in [0.2, 0.25) is 0 Å². The zero-order chi connectivity index (χ0) is 20.1. The highest BCUT2D eigenvalue weighted by Gasteiger charge is 2.27. The average Bonchev–Trinajstić information content (AvgIpc) is 3.17. The number of anilines is 1. The third-order valence-corrected chi connectivity index (χ3v) is 6.19. The van der Waals surface area contributed by atoms with Gasteiger partial charge in [-0.15, -0.1) is 11.3 Å². The van der Waals surface area contributed by atoms with Crippen molar-refractivity contribution in [1.29, 1.82) is 0 Å². The maximum Gasteiger partial charge on any atom is 0.357 e. The van der Waals surface area contributed by atoms with Crippen molar-refractivity contribution in [3.63, 3.8) is 0 Å². The second-order valence-corrected chi connectivity index (χ2v) is 8.32. The molecule has 2 amide bonds. The minimum absolute atomic E-state index is 0.0977. The van der Waals surface area contributed by atoms with Crippen LogP contribution in [-0.2, 0) is 11.3 Å². The van der Waals surface area contributed by atoms with Gasteiger partial charge < -0.3 is 15.0 Å². The summed E-state index contributed by atoms with van der Waals surface area (Å²) < 4.78 is 4.71. The molecule has 1 aromatic carbocycles. The van der Waals surface area contributed by atoms with Crippen molar-refractivity contribution >= 4 is 52.2 Å². The Balaban J connectivity index is 1.81. The van der Waals surface area contributed by atoms with Crippen LogP contribution < -0.4 is 5.32 Å². The number of hydrogen-bond donors (Lipinski definition) is 1. The number of aromatic nitrogens is 1. The molecule has 2 aromatic rings. The number of carbonyl (C=O) groups is 2. The number of methoxy groups -OCH3 is 1. The highest BCUT2D eigenvalue weighted by Crippen LogP contribution is 2.31. The molecule has 0 spiro atoms. The van der Waals surface area contributed by atoms with Crippen molar-refractivity contribution in [3.05, 3.63) is 44.3 Å². The molecule has 150 valence electrons. The van der Waals surface area contributed by atoms with Crippen LogP contribution in [0.15, 0.2) is 23.6 Å². The van der Waals surface area contributed by atoms with Crippen molar-refractivity contribution in [1.82, 2.24) is 9.88 Å². The summed E-state index contributed by atoms with van der Waals surface area (Å²) >= 11 is 13.7. The lowest BCUT2D eigenvalue weighted by Gasteiger charge is -2.34. The third-order valence-electron chi connectivity index (χ3n) is 4.72.